The highest BCUT2D eigenvalue weighted by molar-refractivity contribution is 5.68. The molecule has 1 saturated heterocycles. The van der Waals surface area contributed by atoms with Crippen LogP contribution in [0.5, 0.6) is 0 Å². The van der Waals surface area contributed by atoms with Crippen LogP contribution in [0.1, 0.15) is 40.2 Å². The minimum atomic E-state index is -0.456. The largest absolute Gasteiger partial charge is 0.444 e. The molecule has 0 aliphatic carbocycles. The van der Waals surface area contributed by atoms with Crippen LogP contribution in [0, 0.1) is 5.82 Å². The molecule has 0 spiro atoms. The van der Waals surface area contributed by atoms with Gasteiger partial charge in [0.05, 0.1) is 0 Å². The highest BCUT2D eigenvalue weighted by Gasteiger charge is 2.25. The van der Waals surface area contributed by atoms with Crippen LogP contribution in [0.25, 0.3) is 0 Å². The molecule has 23 heavy (non-hydrogen) atoms. The molecule has 1 heterocycles. The average Bonchev–Trinajstić information content (AvgIpc) is 2.51. The predicted molar refractivity (Wildman–Crippen MR) is 90.8 cm³/mol. The summed E-state index contributed by atoms with van der Waals surface area (Å²) in [5.41, 5.74) is 0.629. The molecule has 0 radical (unpaired) electrons. The number of benzene rings is 1. The van der Waals surface area contributed by atoms with Gasteiger partial charge in [0.25, 0.3) is 0 Å². The number of amides is 1. The molecule has 1 aromatic carbocycles. The molecule has 0 unspecified atom stereocenters. The van der Waals surface area contributed by atoms with Gasteiger partial charge in [0.15, 0.2) is 0 Å². The first kappa shape index (κ1) is 19.4. The number of carbonyl (C=O) groups excluding carboxylic acids is 1. The molecule has 0 saturated carbocycles. The van der Waals surface area contributed by atoms with Crippen molar-refractivity contribution in [1.29, 1.82) is 0 Å². The quantitative estimate of drug-likeness (QED) is 0.827. The number of hydrogen-bond donors (Lipinski definition) is 0. The molecule has 0 bridgehead atoms. The van der Waals surface area contributed by atoms with E-state index in [4.69, 9.17) is 4.74 Å². The third-order valence-corrected chi connectivity index (χ3v) is 3.34. The first-order valence-corrected chi connectivity index (χ1v) is 8.28. The van der Waals surface area contributed by atoms with Crippen LogP contribution in [0.15, 0.2) is 24.3 Å². The maximum absolute atomic E-state index is 12.9. The number of piperazine rings is 1. The van der Waals surface area contributed by atoms with E-state index >= 15 is 0 Å². The van der Waals surface area contributed by atoms with Crippen LogP contribution >= 0.6 is 0 Å². The van der Waals surface area contributed by atoms with Gasteiger partial charge in [-0.2, -0.15) is 0 Å². The molecular formula is C18H29FN2O2. The van der Waals surface area contributed by atoms with Gasteiger partial charge in [-0.1, -0.05) is 26.0 Å². The second-order valence-corrected chi connectivity index (χ2v) is 6.37. The molecule has 5 heteroatoms. The minimum Gasteiger partial charge on any atom is -0.444 e. The second-order valence-electron chi connectivity index (χ2n) is 6.37. The Morgan fingerprint density at radius 2 is 1.61 bits per heavy atom. The molecule has 1 aliphatic heterocycles. The summed E-state index contributed by atoms with van der Waals surface area (Å²) in [5, 5.41) is 0. The van der Waals surface area contributed by atoms with E-state index in [1.54, 1.807) is 17.0 Å². The van der Waals surface area contributed by atoms with Crippen LogP contribution in [0.2, 0.25) is 0 Å². The number of halogens is 1. The lowest BCUT2D eigenvalue weighted by molar-refractivity contribution is 0.0139. The summed E-state index contributed by atoms with van der Waals surface area (Å²) in [7, 11) is 0. The van der Waals surface area contributed by atoms with Crippen molar-refractivity contribution >= 4 is 6.09 Å². The van der Waals surface area contributed by atoms with E-state index in [-0.39, 0.29) is 11.9 Å². The molecule has 0 N–H and O–H groups in total. The standard InChI is InChI=1S/C16H23FN2O2.C2H6/c1-16(2,3)21-15(20)19-10-8-18(9-11-19)12-13-4-6-14(17)7-5-13;1-2/h4-7H,8-12H2,1-3H3;1-2H3. The SMILES string of the molecule is CC.CC(C)(C)OC(=O)N1CCN(Cc2ccc(F)cc2)CC1. The van der Waals surface area contributed by atoms with Gasteiger partial charge >= 0.3 is 6.09 Å². The van der Waals surface area contributed by atoms with Crippen LogP contribution in [0.4, 0.5) is 9.18 Å². The summed E-state index contributed by atoms with van der Waals surface area (Å²) in [6, 6.07) is 6.56. The molecule has 1 fully saturated rings. The zero-order valence-corrected chi connectivity index (χ0v) is 14.9. The fourth-order valence-corrected chi connectivity index (χ4v) is 2.26. The molecule has 130 valence electrons. The zero-order valence-electron chi connectivity index (χ0n) is 14.9. The van der Waals surface area contributed by atoms with Crippen molar-refractivity contribution in [2.75, 3.05) is 26.2 Å². The smallest absolute Gasteiger partial charge is 0.410 e. The summed E-state index contributed by atoms with van der Waals surface area (Å²) in [6.07, 6.45) is -0.246. The zero-order chi connectivity index (χ0) is 17.5. The van der Waals surface area contributed by atoms with Gasteiger partial charge in [-0.3, -0.25) is 4.90 Å². The molecule has 1 aromatic rings. The monoisotopic (exact) mass is 324 g/mol. The Balaban J connectivity index is 0.00000127. The number of carbonyl (C=O) groups is 1. The fraction of sp³-hybridized carbons (Fsp3) is 0.611. The summed E-state index contributed by atoms with van der Waals surface area (Å²) < 4.78 is 18.2. The third-order valence-electron chi connectivity index (χ3n) is 3.34. The third kappa shape index (κ3) is 6.99. The predicted octanol–water partition coefficient (Wildman–Crippen LogP) is 3.90. The van der Waals surface area contributed by atoms with E-state index in [1.165, 1.54) is 12.1 Å². The van der Waals surface area contributed by atoms with Gasteiger partial charge in [0.2, 0.25) is 0 Å². The summed E-state index contributed by atoms with van der Waals surface area (Å²) in [6.45, 7) is 13.3. The number of nitrogens with zero attached hydrogens (tertiary/aromatic N) is 2. The van der Waals surface area contributed by atoms with E-state index in [0.29, 0.717) is 13.1 Å². The van der Waals surface area contributed by atoms with E-state index in [1.807, 2.05) is 34.6 Å². The van der Waals surface area contributed by atoms with Crippen LogP contribution < -0.4 is 0 Å². The normalized spacial score (nSPS) is 15.7. The van der Waals surface area contributed by atoms with Crippen LogP contribution in [0.3, 0.4) is 0 Å². The Labute approximate surface area is 139 Å². The molecule has 0 atom stereocenters. The molecule has 1 amide bonds. The van der Waals surface area contributed by atoms with Crippen molar-refractivity contribution in [1.82, 2.24) is 9.80 Å². The Bertz CT molecular complexity index is 475. The molecular weight excluding hydrogens is 295 g/mol. The maximum atomic E-state index is 12.9. The Hall–Kier alpha value is -1.62. The van der Waals surface area contributed by atoms with Gasteiger partial charge in [-0.15, -0.1) is 0 Å². The van der Waals surface area contributed by atoms with Gasteiger partial charge in [-0.25, -0.2) is 9.18 Å². The van der Waals surface area contributed by atoms with Crippen molar-refractivity contribution in [2.24, 2.45) is 0 Å². The molecule has 0 aromatic heterocycles. The van der Waals surface area contributed by atoms with Crippen LogP contribution in [-0.4, -0.2) is 47.7 Å². The van der Waals surface area contributed by atoms with Gasteiger partial charge in [-0.05, 0) is 38.5 Å². The Morgan fingerprint density at radius 3 is 2.09 bits per heavy atom. The summed E-state index contributed by atoms with van der Waals surface area (Å²) >= 11 is 0. The molecule has 2 rings (SSSR count). The highest BCUT2D eigenvalue weighted by Crippen LogP contribution is 2.13. The van der Waals surface area contributed by atoms with Crippen molar-refractivity contribution in [2.45, 2.75) is 46.8 Å². The van der Waals surface area contributed by atoms with Crippen molar-refractivity contribution < 1.29 is 13.9 Å². The van der Waals surface area contributed by atoms with Gasteiger partial charge in [0.1, 0.15) is 11.4 Å². The topological polar surface area (TPSA) is 32.8 Å². The minimum absolute atomic E-state index is 0.214. The first-order chi connectivity index (χ1) is 10.8. The van der Waals surface area contributed by atoms with E-state index in [0.717, 1.165) is 25.2 Å². The van der Waals surface area contributed by atoms with E-state index < -0.39 is 5.60 Å². The fourth-order valence-electron chi connectivity index (χ4n) is 2.26. The number of rotatable bonds is 2. The van der Waals surface area contributed by atoms with Crippen molar-refractivity contribution in [3.63, 3.8) is 0 Å². The lowest BCUT2D eigenvalue weighted by atomic mass is 10.2. The van der Waals surface area contributed by atoms with E-state index in [9.17, 15) is 9.18 Å². The lowest BCUT2D eigenvalue weighted by Gasteiger charge is -2.35. The average molecular weight is 324 g/mol. The van der Waals surface area contributed by atoms with Gasteiger partial charge in [0, 0.05) is 32.7 Å². The van der Waals surface area contributed by atoms with E-state index in [2.05, 4.69) is 4.90 Å². The number of hydrogen-bond acceptors (Lipinski definition) is 3. The summed E-state index contributed by atoms with van der Waals surface area (Å²) in [4.78, 5) is 16.0. The lowest BCUT2D eigenvalue weighted by Crippen LogP contribution is -2.49. The Kier molecular flexibility index (Phi) is 7.49. The molecule has 1 aliphatic rings. The molecule has 4 nitrogen and oxygen atoms in total. The first-order valence-electron chi connectivity index (χ1n) is 8.28. The second kappa shape index (κ2) is 8.87. The highest BCUT2D eigenvalue weighted by atomic mass is 19.1. The van der Waals surface area contributed by atoms with Crippen molar-refractivity contribution in [3.05, 3.63) is 35.6 Å². The van der Waals surface area contributed by atoms with Gasteiger partial charge < -0.3 is 9.64 Å². The summed E-state index contributed by atoms with van der Waals surface area (Å²) in [5.74, 6) is -0.214. The van der Waals surface area contributed by atoms with Crippen LogP contribution in [-0.2, 0) is 11.3 Å². The van der Waals surface area contributed by atoms with Crippen molar-refractivity contribution in [3.8, 4) is 0 Å². The maximum Gasteiger partial charge on any atom is 0.410 e. The number of ether oxygens (including phenoxy) is 1. The Morgan fingerprint density at radius 1 is 1.09 bits per heavy atom.